The number of hydrogen-bond donors (Lipinski definition) is 2. The molecule has 0 fully saturated rings. The Hall–Kier alpha value is -1.28. The molecule has 0 heterocycles. The molecular formula is C7H7F3N2O2S. The monoisotopic (exact) mass is 240 g/mol. The molecule has 0 saturated heterocycles. The van der Waals surface area contributed by atoms with Gasteiger partial charge in [0.2, 0.25) is 0 Å². The molecule has 0 aromatic heterocycles. The van der Waals surface area contributed by atoms with Crippen molar-refractivity contribution >= 4 is 15.9 Å². The second-order valence-electron chi connectivity index (χ2n) is 2.69. The third kappa shape index (κ3) is 3.40. The first-order valence-corrected chi connectivity index (χ1v) is 5.21. The molecule has 1 aromatic carbocycles. The van der Waals surface area contributed by atoms with E-state index >= 15 is 0 Å². The second kappa shape index (κ2) is 3.70. The smallest absolute Gasteiger partial charge is 0.271 e. The van der Waals surface area contributed by atoms with Crippen LogP contribution in [0.1, 0.15) is 5.56 Å². The number of benzene rings is 1. The van der Waals surface area contributed by atoms with Gasteiger partial charge < -0.3 is 0 Å². The number of halogens is 3. The Morgan fingerprint density at radius 2 is 1.73 bits per heavy atom. The number of para-hydroxylation sites is 1. The predicted molar refractivity (Wildman–Crippen MR) is 48.2 cm³/mol. The summed E-state index contributed by atoms with van der Waals surface area (Å²) in [7, 11) is -4.21. The van der Waals surface area contributed by atoms with Gasteiger partial charge in [-0.25, -0.2) is 5.14 Å². The predicted octanol–water partition coefficient (Wildman–Crippen LogP) is 1.32. The van der Waals surface area contributed by atoms with Crippen molar-refractivity contribution in [2.75, 3.05) is 4.72 Å². The van der Waals surface area contributed by atoms with Crippen molar-refractivity contribution in [3.05, 3.63) is 29.8 Å². The Balaban J connectivity index is 3.19. The topological polar surface area (TPSA) is 72.2 Å². The Morgan fingerprint density at radius 1 is 1.20 bits per heavy atom. The van der Waals surface area contributed by atoms with Gasteiger partial charge in [0.25, 0.3) is 10.2 Å². The maximum absolute atomic E-state index is 12.3. The van der Waals surface area contributed by atoms with Crippen LogP contribution in [0.25, 0.3) is 0 Å². The molecule has 8 heteroatoms. The molecule has 0 bridgehead atoms. The first-order valence-electron chi connectivity index (χ1n) is 3.67. The number of alkyl halides is 3. The summed E-state index contributed by atoms with van der Waals surface area (Å²) < 4.78 is 59.8. The average Bonchev–Trinajstić information content (AvgIpc) is 1.99. The minimum absolute atomic E-state index is 0.590. The molecule has 0 aliphatic rings. The van der Waals surface area contributed by atoms with E-state index < -0.39 is 27.6 Å². The molecule has 0 aliphatic heterocycles. The van der Waals surface area contributed by atoms with Gasteiger partial charge >= 0.3 is 6.18 Å². The molecule has 1 aromatic rings. The molecule has 84 valence electrons. The molecule has 4 nitrogen and oxygen atoms in total. The molecule has 0 atom stereocenters. The Kier molecular flexibility index (Phi) is 2.91. The summed E-state index contributed by atoms with van der Waals surface area (Å²) in [5.41, 5.74) is -1.67. The average molecular weight is 240 g/mol. The SMILES string of the molecule is NS(=O)(=O)Nc1ccccc1C(F)(F)F. The standard InChI is InChI=1S/C7H7F3N2O2S/c8-7(9,10)5-3-1-2-4-6(5)12-15(11,13)14/h1-4,12H,(H2,11,13,14). The van der Waals surface area contributed by atoms with Crippen molar-refractivity contribution < 1.29 is 21.6 Å². The van der Waals surface area contributed by atoms with Gasteiger partial charge in [0.05, 0.1) is 11.3 Å². The van der Waals surface area contributed by atoms with Crippen LogP contribution < -0.4 is 9.86 Å². The lowest BCUT2D eigenvalue weighted by Gasteiger charge is -2.12. The van der Waals surface area contributed by atoms with Gasteiger partial charge in [0.1, 0.15) is 0 Å². The lowest BCUT2D eigenvalue weighted by Crippen LogP contribution is -2.23. The van der Waals surface area contributed by atoms with Crippen LogP contribution in [-0.2, 0) is 16.4 Å². The van der Waals surface area contributed by atoms with Gasteiger partial charge in [-0.15, -0.1) is 0 Å². The first-order chi connectivity index (χ1) is 6.70. The van der Waals surface area contributed by atoms with Crippen molar-refractivity contribution in [3.63, 3.8) is 0 Å². The van der Waals surface area contributed by atoms with E-state index in [1.165, 1.54) is 6.07 Å². The van der Waals surface area contributed by atoms with E-state index in [9.17, 15) is 21.6 Å². The van der Waals surface area contributed by atoms with Crippen LogP contribution in [0.2, 0.25) is 0 Å². The van der Waals surface area contributed by atoms with Gasteiger partial charge in [-0.05, 0) is 12.1 Å². The van der Waals surface area contributed by atoms with E-state index in [1.54, 1.807) is 4.72 Å². The lowest BCUT2D eigenvalue weighted by atomic mass is 10.2. The van der Waals surface area contributed by atoms with E-state index in [0.29, 0.717) is 0 Å². The van der Waals surface area contributed by atoms with Crippen LogP contribution in [0.3, 0.4) is 0 Å². The number of nitrogens with one attached hydrogen (secondary N) is 1. The molecular weight excluding hydrogens is 233 g/mol. The van der Waals surface area contributed by atoms with Crippen molar-refractivity contribution in [1.82, 2.24) is 0 Å². The zero-order valence-corrected chi connectivity index (χ0v) is 8.06. The first kappa shape index (κ1) is 11.8. The zero-order valence-electron chi connectivity index (χ0n) is 7.25. The van der Waals surface area contributed by atoms with Crippen LogP contribution in [-0.4, -0.2) is 8.42 Å². The van der Waals surface area contributed by atoms with Crippen molar-refractivity contribution in [2.45, 2.75) is 6.18 Å². The minimum Gasteiger partial charge on any atom is -0.271 e. The number of nitrogens with two attached hydrogens (primary N) is 1. The highest BCUT2D eigenvalue weighted by Gasteiger charge is 2.33. The van der Waals surface area contributed by atoms with Gasteiger partial charge in [0.15, 0.2) is 0 Å². The van der Waals surface area contributed by atoms with Gasteiger partial charge in [-0.3, -0.25) is 4.72 Å². The number of anilines is 1. The maximum Gasteiger partial charge on any atom is 0.418 e. The summed E-state index contributed by atoms with van der Waals surface area (Å²) in [6.07, 6.45) is -4.63. The summed E-state index contributed by atoms with van der Waals surface area (Å²) in [6, 6.07) is 4.15. The highest BCUT2D eigenvalue weighted by atomic mass is 32.2. The molecule has 1 rings (SSSR count). The van der Waals surface area contributed by atoms with Gasteiger partial charge in [-0.2, -0.15) is 21.6 Å². The maximum atomic E-state index is 12.3. The Morgan fingerprint density at radius 3 is 2.20 bits per heavy atom. The highest BCUT2D eigenvalue weighted by Crippen LogP contribution is 2.34. The summed E-state index contributed by atoms with van der Waals surface area (Å²) in [5.74, 6) is 0. The number of hydrogen-bond acceptors (Lipinski definition) is 2. The van der Waals surface area contributed by atoms with E-state index in [0.717, 1.165) is 18.2 Å². The molecule has 0 unspecified atom stereocenters. The second-order valence-corrected chi connectivity index (χ2v) is 3.98. The molecule has 15 heavy (non-hydrogen) atoms. The van der Waals surface area contributed by atoms with E-state index in [-0.39, 0.29) is 0 Å². The molecule has 0 saturated carbocycles. The third-order valence-electron chi connectivity index (χ3n) is 1.48. The van der Waals surface area contributed by atoms with Crippen LogP contribution in [0.4, 0.5) is 18.9 Å². The summed E-state index contributed by atoms with van der Waals surface area (Å²) in [4.78, 5) is 0. The van der Waals surface area contributed by atoms with Crippen molar-refractivity contribution in [2.24, 2.45) is 5.14 Å². The fraction of sp³-hybridized carbons (Fsp3) is 0.143. The zero-order chi connectivity index (χ0) is 11.7. The lowest BCUT2D eigenvalue weighted by molar-refractivity contribution is -0.136. The van der Waals surface area contributed by atoms with Crippen LogP contribution >= 0.6 is 0 Å². The normalized spacial score (nSPS) is 12.5. The molecule has 0 spiro atoms. The fourth-order valence-electron chi connectivity index (χ4n) is 0.973. The van der Waals surface area contributed by atoms with Crippen LogP contribution in [0.5, 0.6) is 0 Å². The van der Waals surface area contributed by atoms with Gasteiger partial charge in [0, 0.05) is 0 Å². The quantitative estimate of drug-likeness (QED) is 0.818. The van der Waals surface area contributed by atoms with Gasteiger partial charge in [-0.1, -0.05) is 12.1 Å². The Labute approximate surface area is 84.1 Å². The van der Waals surface area contributed by atoms with Crippen LogP contribution in [0.15, 0.2) is 24.3 Å². The Bertz CT molecular complexity index is 456. The summed E-state index contributed by atoms with van der Waals surface area (Å²) in [5, 5.41) is 4.57. The third-order valence-corrected chi connectivity index (χ3v) is 1.99. The van der Waals surface area contributed by atoms with E-state index in [1.807, 2.05) is 0 Å². The summed E-state index contributed by atoms with van der Waals surface area (Å²) >= 11 is 0. The van der Waals surface area contributed by atoms with Crippen molar-refractivity contribution in [1.29, 1.82) is 0 Å². The molecule has 0 radical (unpaired) electrons. The van der Waals surface area contributed by atoms with Crippen LogP contribution in [0, 0.1) is 0 Å². The minimum atomic E-state index is -4.63. The molecule has 0 amide bonds. The largest absolute Gasteiger partial charge is 0.418 e. The van der Waals surface area contributed by atoms with E-state index in [4.69, 9.17) is 0 Å². The van der Waals surface area contributed by atoms with Crippen molar-refractivity contribution in [3.8, 4) is 0 Å². The molecule has 3 N–H and O–H groups in total. The highest BCUT2D eigenvalue weighted by molar-refractivity contribution is 7.90. The fourth-order valence-corrected chi connectivity index (χ4v) is 1.46. The number of rotatable bonds is 2. The summed E-state index contributed by atoms with van der Waals surface area (Å²) in [6.45, 7) is 0. The molecule has 0 aliphatic carbocycles. The van der Waals surface area contributed by atoms with E-state index in [2.05, 4.69) is 5.14 Å².